The largest absolute Gasteiger partial charge is 0.494 e. The average Bonchev–Trinajstić information content (AvgIpc) is 3.12. The summed E-state index contributed by atoms with van der Waals surface area (Å²) < 4.78 is 12.3. The van der Waals surface area contributed by atoms with Crippen LogP contribution in [0, 0.1) is 0 Å². The molecule has 0 saturated carbocycles. The van der Waals surface area contributed by atoms with Gasteiger partial charge in [-0.3, -0.25) is 0 Å². The molecule has 4 rings (SSSR count). The molecular weight excluding hydrogens is 495 g/mol. The number of halogens is 1. The maximum atomic E-state index is 6.13. The molecule has 0 bridgehead atoms. The van der Waals surface area contributed by atoms with Crippen LogP contribution in [-0.2, 0) is 9.31 Å². The van der Waals surface area contributed by atoms with Crippen LogP contribution < -0.4 is 5.46 Å². The Morgan fingerprint density at radius 1 is 0.743 bits per heavy atom. The zero-order valence-electron chi connectivity index (χ0n) is 22.4. The Hall–Kier alpha value is -2.40. The van der Waals surface area contributed by atoms with Gasteiger partial charge in [0.15, 0.2) is 0 Å². The lowest BCUT2D eigenvalue weighted by molar-refractivity contribution is 0.00578. The molecular formula is C31H40BBrO2. The second-order valence-corrected chi connectivity index (χ2v) is 8.76. The number of benzene rings is 3. The Morgan fingerprint density at radius 2 is 1.20 bits per heavy atom. The number of hydrogen-bond acceptors (Lipinski definition) is 2. The fourth-order valence-electron chi connectivity index (χ4n) is 3.26. The molecule has 3 aromatic carbocycles. The van der Waals surface area contributed by atoms with Gasteiger partial charge < -0.3 is 9.31 Å². The lowest BCUT2D eigenvalue weighted by Gasteiger charge is -2.32. The number of alkyl halides is 1. The molecule has 0 radical (unpaired) electrons. The molecule has 1 heterocycles. The Morgan fingerprint density at radius 3 is 1.66 bits per heavy atom. The highest BCUT2D eigenvalue weighted by atomic mass is 79.9. The van der Waals surface area contributed by atoms with Crippen LogP contribution in [0.25, 0.3) is 21.9 Å². The molecule has 0 spiro atoms. The SMILES string of the molecule is C=CC(=C)C=C.CBr.CC.CC1(C)OB(c2ccc(-c3ccc4ccccc4c3)cc2)OC1(C)C. The first-order valence-corrected chi connectivity index (χ1v) is 13.5. The van der Waals surface area contributed by atoms with Crippen LogP contribution in [0.15, 0.2) is 104 Å². The second kappa shape index (κ2) is 14.2. The van der Waals surface area contributed by atoms with Crippen molar-refractivity contribution in [1.29, 1.82) is 0 Å². The molecule has 1 fully saturated rings. The molecule has 0 N–H and O–H groups in total. The quantitative estimate of drug-likeness (QED) is 0.189. The minimum Gasteiger partial charge on any atom is -0.399 e. The summed E-state index contributed by atoms with van der Waals surface area (Å²) >= 11 is 2.94. The minimum atomic E-state index is -0.311. The van der Waals surface area contributed by atoms with Crippen LogP contribution in [0.4, 0.5) is 0 Å². The highest BCUT2D eigenvalue weighted by Gasteiger charge is 2.51. The summed E-state index contributed by atoms with van der Waals surface area (Å²) in [4.78, 5) is 0. The molecule has 1 aliphatic heterocycles. The lowest BCUT2D eigenvalue weighted by atomic mass is 9.78. The fraction of sp³-hybridized carbons (Fsp3) is 0.290. The van der Waals surface area contributed by atoms with E-state index in [2.05, 4.69) is 130 Å². The van der Waals surface area contributed by atoms with E-state index in [0.29, 0.717) is 0 Å². The number of hydrogen-bond donors (Lipinski definition) is 0. The van der Waals surface area contributed by atoms with Crippen LogP contribution in [0.3, 0.4) is 0 Å². The molecule has 35 heavy (non-hydrogen) atoms. The minimum absolute atomic E-state index is 0.310. The van der Waals surface area contributed by atoms with E-state index in [1.807, 2.05) is 19.7 Å². The van der Waals surface area contributed by atoms with E-state index in [9.17, 15) is 0 Å². The number of allylic oxidation sites excluding steroid dienone is 3. The standard InChI is InChI=1S/C22H23BO2.C6H8.C2H6.CH3Br/c1-21(2)22(3,4)25-23(24-21)20-13-11-17(12-14-20)19-10-9-16-7-5-6-8-18(16)15-19;1-4-6(3)5-2;2*1-2/h5-15H,1-4H3;4-5H,1-3H2;1-2H3;1H3. The summed E-state index contributed by atoms with van der Waals surface area (Å²) in [5, 5.41) is 2.52. The van der Waals surface area contributed by atoms with Crippen molar-refractivity contribution in [2.45, 2.75) is 52.7 Å². The van der Waals surface area contributed by atoms with Gasteiger partial charge in [-0.25, -0.2) is 0 Å². The predicted octanol–water partition coefficient (Wildman–Crippen LogP) is 8.76. The molecule has 0 atom stereocenters. The van der Waals surface area contributed by atoms with Gasteiger partial charge in [-0.1, -0.05) is 122 Å². The van der Waals surface area contributed by atoms with Gasteiger partial charge in [-0.15, -0.1) is 0 Å². The van der Waals surface area contributed by atoms with E-state index in [1.54, 1.807) is 12.2 Å². The zero-order valence-corrected chi connectivity index (χ0v) is 24.0. The Kier molecular flexibility index (Phi) is 12.5. The Balaban J connectivity index is 0.000000531. The summed E-state index contributed by atoms with van der Waals surface area (Å²) in [6, 6.07) is 23.5. The summed E-state index contributed by atoms with van der Waals surface area (Å²) in [6.07, 6.45) is 3.32. The van der Waals surface area contributed by atoms with Crippen LogP contribution >= 0.6 is 15.9 Å². The van der Waals surface area contributed by atoms with Gasteiger partial charge in [-0.2, -0.15) is 0 Å². The Bertz CT molecular complexity index is 1070. The van der Waals surface area contributed by atoms with Crippen molar-refractivity contribution < 1.29 is 9.31 Å². The van der Waals surface area contributed by atoms with Crippen LogP contribution in [0.5, 0.6) is 0 Å². The highest BCUT2D eigenvalue weighted by Crippen LogP contribution is 2.36. The smallest absolute Gasteiger partial charge is 0.399 e. The molecule has 186 valence electrons. The van der Waals surface area contributed by atoms with Crippen molar-refractivity contribution in [3.05, 3.63) is 104 Å². The second-order valence-electron chi connectivity index (χ2n) is 8.76. The van der Waals surface area contributed by atoms with Crippen molar-refractivity contribution in [2.75, 3.05) is 5.83 Å². The van der Waals surface area contributed by atoms with Gasteiger partial charge in [0.25, 0.3) is 0 Å². The van der Waals surface area contributed by atoms with Gasteiger partial charge in [0.2, 0.25) is 0 Å². The number of rotatable bonds is 4. The third kappa shape index (κ3) is 8.07. The maximum absolute atomic E-state index is 6.13. The van der Waals surface area contributed by atoms with Crippen molar-refractivity contribution in [2.24, 2.45) is 0 Å². The molecule has 1 saturated heterocycles. The summed E-state index contributed by atoms with van der Waals surface area (Å²) in [5.74, 6) is 1.81. The first kappa shape index (κ1) is 30.6. The molecule has 4 heteroatoms. The van der Waals surface area contributed by atoms with Gasteiger partial charge in [0.1, 0.15) is 0 Å². The molecule has 0 amide bonds. The molecule has 1 aliphatic rings. The van der Waals surface area contributed by atoms with E-state index >= 15 is 0 Å². The van der Waals surface area contributed by atoms with Gasteiger partial charge in [0, 0.05) is 0 Å². The van der Waals surface area contributed by atoms with Crippen molar-refractivity contribution in [1.82, 2.24) is 0 Å². The molecule has 0 unspecified atom stereocenters. The summed E-state index contributed by atoms with van der Waals surface area (Å²) in [7, 11) is -0.310. The summed E-state index contributed by atoms with van der Waals surface area (Å²) in [6.45, 7) is 22.8. The summed E-state index contributed by atoms with van der Waals surface area (Å²) in [5.41, 5.74) is 3.73. The first-order valence-electron chi connectivity index (χ1n) is 11.9. The van der Waals surface area contributed by atoms with E-state index in [0.717, 1.165) is 11.0 Å². The normalized spacial score (nSPS) is 14.8. The third-order valence-corrected chi connectivity index (χ3v) is 6.04. The topological polar surface area (TPSA) is 18.5 Å². The van der Waals surface area contributed by atoms with Crippen molar-refractivity contribution in [3.63, 3.8) is 0 Å². The van der Waals surface area contributed by atoms with Gasteiger partial charge in [-0.05, 0) is 72.5 Å². The number of fused-ring (bicyclic) bond motifs is 1. The van der Waals surface area contributed by atoms with Crippen LogP contribution in [0.2, 0.25) is 0 Å². The van der Waals surface area contributed by atoms with Gasteiger partial charge in [0.05, 0.1) is 11.2 Å². The Labute approximate surface area is 222 Å². The maximum Gasteiger partial charge on any atom is 0.494 e. The van der Waals surface area contributed by atoms with Crippen molar-refractivity contribution >= 4 is 39.3 Å². The molecule has 0 aromatic heterocycles. The lowest BCUT2D eigenvalue weighted by Crippen LogP contribution is -2.41. The molecule has 2 nitrogen and oxygen atoms in total. The van der Waals surface area contributed by atoms with Crippen molar-refractivity contribution in [3.8, 4) is 11.1 Å². The first-order chi connectivity index (χ1) is 16.7. The van der Waals surface area contributed by atoms with E-state index in [-0.39, 0.29) is 18.3 Å². The third-order valence-electron chi connectivity index (χ3n) is 6.04. The van der Waals surface area contributed by atoms with Gasteiger partial charge >= 0.3 is 7.12 Å². The molecule has 3 aromatic rings. The fourth-order valence-corrected chi connectivity index (χ4v) is 3.26. The highest BCUT2D eigenvalue weighted by molar-refractivity contribution is 9.08. The zero-order chi connectivity index (χ0) is 26.6. The van der Waals surface area contributed by atoms with E-state index in [1.165, 1.54) is 21.9 Å². The molecule has 0 aliphatic carbocycles. The van der Waals surface area contributed by atoms with E-state index < -0.39 is 0 Å². The van der Waals surface area contributed by atoms with Crippen LogP contribution in [0.1, 0.15) is 41.5 Å². The van der Waals surface area contributed by atoms with Crippen LogP contribution in [-0.4, -0.2) is 24.2 Å². The predicted molar refractivity (Wildman–Crippen MR) is 161 cm³/mol. The van der Waals surface area contributed by atoms with E-state index in [4.69, 9.17) is 9.31 Å². The monoisotopic (exact) mass is 534 g/mol. The average molecular weight is 535 g/mol.